The van der Waals surface area contributed by atoms with Crippen LogP contribution in [-0.4, -0.2) is 19.5 Å². The molecule has 1 aliphatic heterocycles. The van der Waals surface area contributed by atoms with Gasteiger partial charge in [0.1, 0.15) is 0 Å². The Kier molecular flexibility index (Phi) is 7.75. The van der Waals surface area contributed by atoms with Gasteiger partial charge in [-0.2, -0.15) is 9.97 Å². The molecule has 2 aromatic heterocycles. The minimum atomic E-state index is -0.498. The van der Waals surface area contributed by atoms with Crippen LogP contribution in [0.4, 0.5) is 17.1 Å². The standard InChI is InChI=1S/C58H37N5/c1-4-18-38(19-5-1)55-59-56(39-20-6-2-7-21-39)61-57(60-55)63-51-30-16-12-26-45(51)46-36-40(33-35-52(46)63)41-32-34-50-54(37-41)62(42-22-8-3-9-23-42)53-31-17-15-29-49(53)58(50)47-27-13-10-24-43(47)44-25-11-14-28-48(44)58/h1-37H. The quantitative estimate of drug-likeness (QED) is 0.174. The maximum absolute atomic E-state index is 5.16. The van der Waals surface area contributed by atoms with E-state index in [4.69, 9.17) is 15.0 Å². The van der Waals surface area contributed by atoms with Gasteiger partial charge in [0.05, 0.1) is 27.8 Å². The molecule has 9 aromatic carbocycles. The molecule has 0 fully saturated rings. The van der Waals surface area contributed by atoms with Gasteiger partial charge in [0.15, 0.2) is 11.6 Å². The van der Waals surface area contributed by atoms with Crippen molar-refractivity contribution in [1.29, 1.82) is 0 Å². The minimum Gasteiger partial charge on any atom is -0.310 e. The lowest BCUT2D eigenvalue weighted by Gasteiger charge is -2.45. The third-order valence-corrected chi connectivity index (χ3v) is 13.1. The number of fused-ring (bicyclic) bond motifs is 12. The van der Waals surface area contributed by atoms with Crippen LogP contribution in [0.25, 0.3) is 72.8 Å². The van der Waals surface area contributed by atoms with Crippen LogP contribution in [0.3, 0.4) is 0 Å². The average Bonchev–Trinajstić information content (AvgIpc) is 3.85. The molecule has 1 aliphatic carbocycles. The highest BCUT2D eigenvalue weighted by atomic mass is 15.2. The summed E-state index contributed by atoms with van der Waals surface area (Å²) in [4.78, 5) is 17.8. The van der Waals surface area contributed by atoms with Crippen LogP contribution in [0.2, 0.25) is 0 Å². The topological polar surface area (TPSA) is 46.8 Å². The average molecular weight is 804 g/mol. The molecule has 5 heteroatoms. The molecule has 3 heterocycles. The summed E-state index contributed by atoms with van der Waals surface area (Å²) in [6.07, 6.45) is 0. The number of para-hydroxylation sites is 3. The monoisotopic (exact) mass is 803 g/mol. The van der Waals surface area contributed by atoms with Gasteiger partial charge in [-0.3, -0.25) is 4.57 Å². The second kappa shape index (κ2) is 13.8. The van der Waals surface area contributed by atoms with Crippen molar-refractivity contribution in [3.8, 4) is 51.0 Å². The van der Waals surface area contributed by atoms with Gasteiger partial charge in [0.2, 0.25) is 5.95 Å². The van der Waals surface area contributed by atoms with Crippen LogP contribution >= 0.6 is 0 Å². The maximum atomic E-state index is 5.16. The zero-order valence-electron chi connectivity index (χ0n) is 34.1. The van der Waals surface area contributed by atoms with Gasteiger partial charge in [-0.15, -0.1) is 0 Å². The molecule has 63 heavy (non-hydrogen) atoms. The highest BCUT2D eigenvalue weighted by molar-refractivity contribution is 6.10. The van der Waals surface area contributed by atoms with Crippen LogP contribution in [0, 0.1) is 0 Å². The van der Waals surface area contributed by atoms with E-state index in [-0.39, 0.29) is 0 Å². The van der Waals surface area contributed by atoms with Crippen LogP contribution in [0.1, 0.15) is 22.3 Å². The maximum Gasteiger partial charge on any atom is 0.238 e. The van der Waals surface area contributed by atoms with E-state index in [0.29, 0.717) is 17.6 Å². The van der Waals surface area contributed by atoms with E-state index in [2.05, 4.69) is 173 Å². The van der Waals surface area contributed by atoms with Gasteiger partial charge in [0.25, 0.3) is 0 Å². The zero-order chi connectivity index (χ0) is 41.5. The van der Waals surface area contributed by atoms with Crippen LogP contribution in [-0.2, 0) is 5.41 Å². The summed E-state index contributed by atoms with van der Waals surface area (Å²) >= 11 is 0. The fourth-order valence-electron chi connectivity index (χ4n) is 10.4. The van der Waals surface area contributed by atoms with Crippen LogP contribution in [0.5, 0.6) is 0 Å². The van der Waals surface area contributed by atoms with E-state index in [0.717, 1.165) is 49.7 Å². The van der Waals surface area contributed by atoms with Crippen LogP contribution in [0.15, 0.2) is 224 Å². The molecule has 13 rings (SSSR count). The Labute approximate surface area is 364 Å². The van der Waals surface area contributed by atoms with E-state index < -0.39 is 5.41 Å². The second-order valence-corrected chi connectivity index (χ2v) is 16.4. The van der Waals surface area contributed by atoms with Gasteiger partial charge in [-0.25, -0.2) is 4.98 Å². The van der Waals surface area contributed by atoms with Crippen molar-refractivity contribution in [2.24, 2.45) is 0 Å². The van der Waals surface area contributed by atoms with Crippen molar-refractivity contribution in [2.75, 3.05) is 4.90 Å². The first kappa shape index (κ1) is 35.4. The first-order chi connectivity index (χ1) is 31.3. The molecular formula is C58H37N5. The largest absolute Gasteiger partial charge is 0.310 e. The lowest BCUT2D eigenvalue weighted by Crippen LogP contribution is -2.36. The number of benzene rings is 9. The number of hydrogen-bond donors (Lipinski definition) is 0. The van der Waals surface area contributed by atoms with E-state index in [1.165, 1.54) is 44.8 Å². The molecule has 0 bridgehead atoms. The van der Waals surface area contributed by atoms with Gasteiger partial charge >= 0.3 is 0 Å². The number of anilines is 3. The Morgan fingerprint density at radius 2 is 0.841 bits per heavy atom. The molecule has 0 saturated carbocycles. The number of aromatic nitrogens is 4. The predicted molar refractivity (Wildman–Crippen MR) is 256 cm³/mol. The summed E-state index contributed by atoms with van der Waals surface area (Å²) < 4.78 is 2.19. The van der Waals surface area contributed by atoms with Crippen molar-refractivity contribution >= 4 is 38.9 Å². The molecule has 0 radical (unpaired) electrons. The van der Waals surface area contributed by atoms with Crippen LogP contribution < -0.4 is 4.90 Å². The Hall–Kier alpha value is -8.41. The van der Waals surface area contributed by atoms with Crippen molar-refractivity contribution in [2.45, 2.75) is 5.41 Å². The molecule has 11 aromatic rings. The molecule has 0 atom stereocenters. The van der Waals surface area contributed by atoms with Gasteiger partial charge in [-0.05, 0) is 87.0 Å². The Morgan fingerprint density at radius 1 is 0.333 bits per heavy atom. The highest BCUT2D eigenvalue weighted by Crippen LogP contribution is 2.63. The van der Waals surface area contributed by atoms with E-state index in [1.807, 2.05) is 60.7 Å². The normalized spacial score (nSPS) is 13.2. The van der Waals surface area contributed by atoms with Crippen molar-refractivity contribution in [3.05, 3.63) is 247 Å². The minimum absolute atomic E-state index is 0.498. The molecule has 5 nitrogen and oxygen atoms in total. The molecule has 1 spiro atoms. The first-order valence-electron chi connectivity index (χ1n) is 21.5. The number of rotatable bonds is 5. The summed E-state index contributed by atoms with van der Waals surface area (Å²) in [5.74, 6) is 1.84. The molecule has 2 aliphatic rings. The fourth-order valence-corrected chi connectivity index (χ4v) is 10.4. The molecular weight excluding hydrogens is 767 g/mol. The smallest absolute Gasteiger partial charge is 0.238 e. The predicted octanol–water partition coefficient (Wildman–Crippen LogP) is 14.1. The summed E-state index contributed by atoms with van der Waals surface area (Å²) in [5, 5.41) is 2.26. The third kappa shape index (κ3) is 5.20. The highest BCUT2D eigenvalue weighted by Gasteiger charge is 2.51. The van der Waals surface area contributed by atoms with Crippen molar-refractivity contribution in [1.82, 2.24) is 19.5 Å². The molecule has 0 amide bonds. The van der Waals surface area contributed by atoms with E-state index >= 15 is 0 Å². The summed E-state index contributed by atoms with van der Waals surface area (Å²) in [6, 6.07) is 80.6. The SMILES string of the molecule is c1ccc(-c2nc(-c3ccccc3)nc(-n3c4ccccc4c4cc(-c5ccc6c(c5)N(c5ccccc5)c5ccccc5C65c6ccccc6-c6ccccc65)ccc43)n2)cc1. The Balaban J connectivity index is 1.04. The Morgan fingerprint density at radius 3 is 1.52 bits per heavy atom. The fraction of sp³-hybridized carbons (Fsp3) is 0.0172. The molecule has 0 unspecified atom stereocenters. The summed E-state index contributed by atoms with van der Waals surface area (Å²) in [6.45, 7) is 0. The molecule has 0 N–H and O–H groups in total. The second-order valence-electron chi connectivity index (χ2n) is 16.4. The lowest BCUT2D eigenvalue weighted by atomic mass is 9.64. The van der Waals surface area contributed by atoms with Crippen molar-refractivity contribution < 1.29 is 0 Å². The summed E-state index contributed by atoms with van der Waals surface area (Å²) in [5.41, 5.74) is 16.9. The lowest BCUT2D eigenvalue weighted by molar-refractivity contribution is 0.753. The van der Waals surface area contributed by atoms with Gasteiger partial charge in [-0.1, -0.05) is 182 Å². The number of hydrogen-bond acceptors (Lipinski definition) is 4. The number of nitrogens with zero attached hydrogens (tertiary/aromatic N) is 5. The first-order valence-corrected chi connectivity index (χ1v) is 21.5. The Bertz CT molecular complexity index is 3470. The van der Waals surface area contributed by atoms with E-state index in [1.54, 1.807) is 0 Å². The van der Waals surface area contributed by atoms with Gasteiger partial charge < -0.3 is 4.90 Å². The molecule has 0 saturated heterocycles. The third-order valence-electron chi connectivity index (χ3n) is 13.1. The van der Waals surface area contributed by atoms with Crippen molar-refractivity contribution in [3.63, 3.8) is 0 Å². The summed E-state index contributed by atoms with van der Waals surface area (Å²) in [7, 11) is 0. The zero-order valence-corrected chi connectivity index (χ0v) is 34.1. The molecule has 294 valence electrons. The van der Waals surface area contributed by atoms with Gasteiger partial charge in [0, 0.05) is 27.6 Å². The van der Waals surface area contributed by atoms with E-state index in [9.17, 15) is 0 Å².